The van der Waals surface area contributed by atoms with Gasteiger partial charge in [0, 0.05) is 64.9 Å². The zero-order chi connectivity index (χ0) is 44.1. The van der Waals surface area contributed by atoms with Crippen LogP contribution in [0.3, 0.4) is 0 Å². The van der Waals surface area contributed by atoms with Crippen LogP contribution in [0, 0.1) is 25.2 Å². The van der Waals surface area contributed by atoms with Crippen molar-refractivity contribution in [3.05, 3.63) is 170 Å². The Bertz CT molecular complexity index is 3460. The Morgan fingerprint density at radius 2 is 1.17 bits per heavy atom. The predicted molar refractivity (Wildman–Crippen MR) is 246 cm³/mol. The van der Waals surface area contributed by atoms with E-state index in [1.165, 1.54) is 14.3 Å². The molecule has 0 saturated carbocycles. The van der Waals surface area contributed by atoms with Crippen LogP contribution in [0.25, 0.3) is 55.0 Å². The second kappa shape index (κ2) is 16.1. The maximum absolute atomic E-state index is 15.1. The van der Waals surface area contributed by atoms with Gasteiger partial charge in [0.15, 0.2) is 11.4 Å². The number of para-hydroxylation sites is 2. The number of fused-ring (bicyclic) bond motifs is 6. The van der Waals surface area contributed by atoms with E-state index in [1.54, 1.807) is 40.8 Å². The molecule has 63 heavy (non-hydrogen) atoms. The first kappa shape index (κ1) is 40.3. The summed E-state index contributed by atoms with van der Waals surface area (Å²) in [5.74, 6) is -0.858. The fourth-order valence-corrected chi connectivity index (χ4v) is 8.57. The summed E-state index contributed by atoms with van der Waals surface area (Å²) in [7, 11) is 1.79. The van der Waals surface area contributed by atoms with Gasteiger partial charge in [-0.25, -0.2) is 0 Å². The van der Waals surface area contributed by atoms with Gasteiger partial charge in [0.25, 0.3) is 22.9 Å². The van der Waals surface area contributed by atoms with Crippen molar-refractivity contribution in [1.82, 2.24) is 33.6 Å². The van der Waals surface area contributed by atoms with E-state index in [-0.39, 0.29) is 35.9 Å². The quantitative estimate of drug-likeness (QED) is 0.128. The maximum atomic E-state index is 15.1. The number of aromatic nitrogens is 6. The molecule has 4 heterocycles. The van der Waals surface area contributed by atoms with E-state index in [1.807, 2.05) is 129 Å². The highest BCUT2D eigenvalue weighted by molar-refractivity contribution is 6.20. The first-order valence-corrected chi connectivity index (χ1v) is 20.8. The van der Waals surface area contributed by atoms with Crippen LogP contribution in [0.15, 0.2) is 131 Å². The van der Waals surface area contributed by atoms with Crippen molar-refractivity contribution >= 4 is 61.1 Å². The van der Waals surface area contributed by atoms with Crippen molar-refractivity contribution in [3.8, 4) is 17.4 Å². The van der Waals surface area contributed by atoms with E-state index in [4.69, 9.17) is 10.2 Å². The van der Waals surface area contributed by atoms with Crippen molar-refractivity contribution < 1.29 is 9.59 Å². The number of aryl methyl sites for hydroxylation is 3. The molecular formula is C50H43N9O4. The van der Waals surface area contributed by atoms with Crippen LogP contribution in [0.5, 0.6) is 0 Å². The molecule has 0 fully saturated rings. The number of nitrogens with zero attached hydrogens (tertiary/aromatic N) is 9. The number of amides is 2. The lowest BCUT2D eigenvalue weighted by Gasteiger charge is -2.21. The first-order chi connectivity index (χ1) is 30.5. The highest BCUT2D eigenvalue weighted by Gasteiger charge is 2.29. The normalized spacial score (nSPS) is 11.4. The van der Waals surface area contributed by atoms with Gasteiger partial charge in [-0.3, -0.25) is 24.1 Å². The third-order valence-corrected chi connectivity index (χ3v) is 11.8. The average Bonchev–Trinajstić information content (AvgIpc) is 3.79. The molecule has 312 valence electrons. The zero-order valence-electron chi connectivity index (χ0n) is 35.5. The minimum absolute atomic E-state index is 0.0135. The molecule has 0 atom stereocenters. The lowest BCUT2D eigenvalue weighted by atomic mass is 10.1. The Labute approximate surface area is 361 Å². The highest BCUT2D eigenvalue weighted by atomic mass is 16.2. The van der Waals surface area contributed by atoms with Crippen molar-refractivity contribution in [1.29, 1.82) is 5.26 Å². The van der Waals surface area contributed by atoms with E-state index >= 15 is 4.79 Å². The van der Waals surface area contributed by atoms with Crippen LogP contribution >= 0.6 is 0 Å². The van der Waals surface area contributed by atoms with Crippen LogP contribution in [0.2, 0.25) is 0 Å². The van der Waals surface area contributed by atoms with Crippen molar-refractivity contribution in [2.75, 3.05) is 24.5 Å². The molecule has 13 nitrogen and oxygen atoms in total. The Hall–Kier alpha value is -8.11. The summed E-state index contributed by atoms with van der Waals surface area (Å²) >= 11 is 0. The number of hydrogen-bond donors (Lipinski definition) is 0. The predicted octanol–water partition coefficient (Wildman–Crippen LogP) is 7.85. The molecule has 0 spiro atoms. The Balaban J connectivity index is 1.22. The summed E-state index contributed by atoms with van der Waals surface area (Å²) in [5.41, 5.74) is 5.63. The third-order valence-electron chi connectivity index (χ3n) is 11.8. The van der Waals surface area contributed by atoms with Crippen LogP contribution in [0.4, 0.5) is 5.69 Å². The van der Waals surface area contributed by atoms with Gasteiger partial charge in [-0.05, 0) is 81.8 Å². The third kappa shape index (κ3) is 6.72. The minimum atomic E-state index is -0.570. The molecule has 13 heteroatoms. The van der Waals surface area contributed by atoms with E-state index < -0.39 is 11.5 Å². The molecule has 0 aliphatic carbocycles. The molecule has 0 N–H and O–H groups in total. The second-order valence-electron chi connectivity index (χ2n) is 15.6. The highest BCUT2D eigenvalue weighted by Crippen LogP contribution is 2.33. The zero-order valence-corrected chi connectivity index (χ0v) is 35.5. The largest absolute Gasteiger partial charge is 0.339 e. The Morgan fingerprint density at radius 1 is 0.651 bits per heavy atom. The molecule has 0 radical (unpaired) electrons. The molecule has 4 aromatic heterocycles. The molecule has 0 saturated heterocycles. The van der Waals surface area contributed by atoms with Crippen LogP contribution in [0.1, 0.15) is 51.5 Å². The van der Waals surface area contributed by atoms with E-state index in [0.717, 1.165) is 22.2 Å². The molecule has 5 aromatic carbocycles. The van der Waals surface area contributed by atoms with E-state index in [9.17, 15) is 19.6 Å². The minimum Gasteiger partial charge on any atom is -0.339 e. The maximum Gasteiger partial charge on any atom is 0.296 e. The molecule has 9 aromatic rings. The topological polar surface area (TPSA) is 144 Å². The number of rotatable bonds is 10. The standard InChI is InChI=1S/C50H43N9O4/c1-6-55(7-2)47(60)43-42-38-16-9-11-18-40(38)57(46(42)50(63)59(52-43)35-25-21-32(4)22-26-35)30-33-13-12-14-36(29-33)56(28-27-51)48(61)44-41-37-15-8-10-17-39(37)54(5)45(41)49(62)58(53-44)34-23-19-31(3)20-24-34/h8-26,29H,6-7,28,30H2,1-5H3. The number of carbonyl (C=O) groups excluding carboxylic acids is 2. The summed E-state index contributed by atoms with van der Waals surface area (Å²) < 4.78 is 6.22. The summed E-state index contributed by atoms with van der Waals surface area (Å²) in [4.78, 5) is 61.4. The molecule has 0 unspecified atom stereocenters. The van der Waals surface area contributed by atoms with E-state index in [2.05, 4.69) is 6.07 Å². The number of benzene rings is 5. The SMILES string of the molecule is CCN(CC)C(=O)c1nn(-c2ccc(C)cc2)c(=O)c2c1c1ccccc1n2Cc1cccc(N(CC#N)C(=O)c2nn(-c3ccc(C)cc3)c(=O)c3c2c2ccccc2n3C)c1. The molecule has 2 amide bonds. The van der Waals surface area contributed by atoms with Crippen LogP contribution in [-0.4, -0.2) is 65.0 Å². The van der Waals surface area contributed by atoms with E-state index in [0.29, 0.717) is 68.3 Å². The van der Waals surface area contributed by atoms with Gasteiger partial charge in [-0.1, -0.05) is 83.9 Å². The number of anilines is 1. The fourth-order valence-electron chi connectivity index (χ4n) is 8.57. The van der Waals surface area contributed by atoms with Crippen LogP contribution < -0.4 is 16.0 Å². The lowest BCUT2D eigenvalue weighted by molar-refractivity contribution is 0.0767. The van der Waals surface area contributed by atoms with Gasteiger partial charge in [0.1, 0.15) is 17.6 Å². The van der Waals surface area contributed by atoms with Gasteiger partial charge in [0.05, 0.1) is 17.4 Å². The first-order valence-electron chi connectivity index (χ1n) is 20.8. The monoisotopic (exact) mass is 833 g/mol. The van der Waals surface area contributed by atoms with Gasteiger partial charge in [-0.2, -0.15) is 24.8 Å². The van der Waals surface area contributed by atoms with Crippen LogP contribution in [-0.2, 0) is 13.6 Å². The molecule has 0 aliphatic rings. The summed E-state index contributed by atoms with van der Waals surface area (Å²) in [6, 6.07) is 39.2. The lowest BCUT2D eigenvalue weighted by Crippen LogP contribution is -2.35. The van der Waals surface area contributed by atoms with Gasteiger partial charge in [-0.15, -0.1) is 0 Å². The van der Waals surface area contributed by atoms with Crippen molar-refractivity contribution in [2.45, 2.75) is 34.2 Å². The Morgan fingerprint density at radius 3 is 1.76 bits per heavy atom. The van der Waals surface area contributed by atoms with Gasteiger partial charge in [0.2, 0.25) is 0 Å². The van der Waals surface area contributed by atoms with Gasteiger partial charge >= 0.3 is 0 Å². The molecule has 0 aliphatic heterocycles. The molecular weight excluding hydrogens is 791 g/mol. The fraction of sp³-hybridized carbons (Fsp3) is 0.180. The van der Waals surface area contributed by atoms with Crippen molar-refractivity contribution in [2.24, 2.45) is 7.05 Å². The number of nitriles is 1. The number of carbonyl (C=O) groups is 2. The van der Waals surface area contributed by atoms with Crippen molar-refractivity contribution in [3.63, 3.8) is 0 Å². The smallest absolute Gasteiger partial charge is 0.296 e. The number of hydrogen-bond acceptors (Lipinski definition) is 7. The average molecular weight is 834 g/mol. The summed E-state index contributed by atoms with van der Waals surface area (Å²) in [5, 5.41) is 22.0. The Kier molecular flexibility index (Phi) is 10.3. The summed E-state index contributed by atoms with van der Waals surface area (Å²) in [6.07, 6.45) is 0. The summed E-state index contributed by atoms with van der Waals surface area (Å²) in [6.45, 7) is 8.49. The van der Waals surface area contributed by atoms with Gasteiger partial charge < -0.3 is 14.0 Å². The molecule has 9 rings (SSSR count). The second-order valence-corrected chi connectivity index (χ2v) is 15.6. The molecule has 0 bridgehead atoms.